The molecule has 0 aliphatic carbocycles. The van der Waals surface area contributed by atoms with Gasteiger partial charge in [-0.15, -0.1) is 0 Å². The molecule has 0 aliphatic heterocycles. The molecule has 0 heterocycles. The average Bonchev–Trinajstić information content (AvgIpc) is 2.49. The Kier molecular flexibility index (Phi) is 5.75. The summed E-state index contributed by atoms with van der Waals surface area (Å²) in [4.78, 5) is 24.0. The highest BCUT2D eigenvalue weighted by Crippen LogP contribution is 2.23. The van der Waals surface area contributed by atoms with E-state index in [4.69, 9.17) is 27.9 Å². The van der Waals surface area contributed by atoms with Crippen LogP contribution in [0.4, 0.5) is 14.5 Å². The quantitative estimate of drug-likeness (QED) is 0.805. The SMILES string of the molecule is C[C@@H](OC(=O)c1ccc(F)cc1Cl)C(=O)Nc1ccc(F)cc1Cl. The van der Waals surface area contributed by atoms with Crippen LogP contribution >= 0.6 is 23.2 Å². The summed E-state index contributed by atoms with van der Waals surface area (Å²) in [6.07, 6.45) is -1.18. The number of anilines is 1. The standard InChI is InChI=1S/C16H11Cl2F2NO3/c1-8(15(22)21-14-5-3-10(20)7-13(14)18)24-16(23)11-4-2-9(19)6-12(11)17/h2-8H,1H3,(H,21,22)/t8-/m1/s1. The summed E-state index contributed by atoms with van der Waals surface area (Å²) < 4.78 is 30.9. The summed E-state index contributed by atoms with van der Waals surface area (Å²) in [6.45, 7) is 1.34. The molecule has 2 aromatic rings. The summed E-state index contributed by atoms with van der Waals surface area (Å²) in [5.41, 5.74) is 0.100. The van der Waals surface area contributed by atoms with Gasteiger partial charge in [0.25, 0.3) is 5.91 Å². The van der Waals surface area contributed by atoms with Gasteiger partial charge in [0.2, 0.25) is 0 Å². The van der Waals surface area contributed by atoms with Gasteiger partial charge in [0, 0.05) is 0 Å². The highest BCUT2D eigenvalue weighted by atomic mass is 35.5. The molecule has 2 rings (SSSR count). The van der Waals surface area contributed by atoms with Gasteiger partial charge in [-0.05, 0) is 43.3 Å². The number of ether oxygens (including phenoxy) is 1. The molecule has 4 nitrogen and oxygen atoms in total. The smallest absolute Gasteiger partial charge is 0.340 e. The Bertz CT molecular complexity index is 799. The number of carbonyl (C=O) groups excluding carboxylic acids is 2. The summed E-state index contributed by atoms with van der Waals surface area (Å²) in [5.74, 6) is -2.71. The van der Waals surface area contributed by atoms with E-state index in [0.29, 0.717) is 0 Å². The third-order valence-electron chi connectivity index (χ3n) is 2.99. The Morgan fingerprint density at radius 3 is 2.21 bits per heavy atom. The molecule has 0 aromatic heterocycles. The van der Waals surface area contributed by atoms with Crippen molar-refractivity contribution in [2.75, 3.05) is 5.32 Å². The lowest BCUT2D eigenvalue weighted by atomic mass is 10.2. The molecular formula is C16H11Cl2F2NO3. The maximum atomic E-state index is 13.0. The van der Waals surface area contributed by atoms with E-state index in [9.17, 15) is 18.4 Å². The molecule has 24 heavy (non-hydrogen) atoms. The van der Waals surface area contributed by atoms with Gasteiger partial charge >= 0.3 is 5.97 Å². The minimum Gasteiger partial charge on any atom is -0.449 e. The van der Waals surface area contributed by atoms with Gasteiger partial charge < -0.3 is 10.1 Å². The zero-order valence-corrected chi connectivity index (χ0v) is 13.8. The predicted molar refractivity (Wildman–Crippen MR) is 86.3 cm³/mol. The van der Waals surface area contributed by atoms with Crippen LogP contribution in [0.15, 0.2) is 36.4 Å². The second kappa shape index (κ2) is 7.59. The molecule has 1 amide bonds. The maximum absolute atomic E-state index is 13.0. The van der Waals surface area contributed by atoms with Crippen molar-refractivity contribution in [2.24, 2.45) is 0 Å². The molecule has 0 aliphatic rings. The summed E-state index contributed by atoms with van der Waals surface area (Å²) in [6, 6.07) is 6.59. The van der Waals surface area contributed by atoms with E-state index in [-0.39, 0.29) is 21.3 Å². The Morgan fingerprint density at radius 1 is 1.04 bits per heavy atom. The lowest BCUT2D eigenvalue weighted by Gasteiger charge is -2.14. The number of esters is 1. The number of hydrogen-bond donors (Lipinski definition) is 1. The van der Waals surface area contributed by atoms with E-state index < -0.39 is 29.6 Å². The molecule has 0 bridgehead atoms. The minimum atomic E-state index is -1.18. The van der Waals surface area contributed by atoms with Crippen LogP contribution in [0, 0.1) is 11.6 Å². The molecule has 0 fully saturated rings. The van der Waals surface area contributed by atoms with Crippen molar-refractivity contribution in [3.05, 3.63) is 63.6 Å². The van der Waals surface area contributed by atoms with Gasteiger partial charge in [0.1, 0.15) is 11.6 Å². The molecule has 1 N–H and O–H groups in total. The average molecular weight is 374 g/mol. The largest absolute Gasteiger partial charge is 0.449 e. The molecular weight excluding hydrogens is 363 g/mol. The Hall–Kier alpha value is -2.18. The maximum Gasteiger partial charge on any atom is 0.340 e. The van der Waals surface area contributed by atoms with Crippen molar-refractivity contribution < 1.29 is 23.1 Å². The van der Waals surface area contributed by atoms with Gasteiger partial charge in [-0.3, -0.25) is 4.79 Å². The summed E-state index contributed by atoms with van der Waals surface area (Å²) in [5, 5.41) is 2.28. The first-order valence-corrected chi connectivity index (χ1v) is 7.45. The van der Waals surface area contributed by atoms with Gasteiger partial charge in [-0.25, -0.2) is 13.6 Å². The molecule has 0 saturated heterocycles. The van der Waals surface area contributed by atoms with Crippen LogP contribution < -0.4 is 5.32 Å². The van der Waals surface area contributed by atoms with Crippen molar-refractivity contribution in [2.45, 2.75) is 13.0 Å². The van der Waals surface area contributed by atoms with Gasteiger partial charge in [0.05, 0.1) is 21.3 Å². The number of nitrogens with one attached hydrogen (secondary N) is 1. The van der Waals surface area contributed by atoms with Crippen molar-refractivity contribution in [3.63, 3.8) is 0 Å². The molecule has 126 valence electrons. The fourth-order valence-electron chi connectivity index (χ4n) is 1.76. The first-order chi connectivity index (χ1) is 11.3. The zero-order valence-electron chi connectivity index (χ0n) is 12.3. The third kappa shape index (κ3) is 4.43. The van der Waals surface area contributed by atoms with Crippen LogP contribution in [-0.4, -0.2) is 18.0 Å². The van der Waals surface area contributed by atoms with Crippen LogP contribution in [0.3, 0.4) is 0 Å². The van der Waals surface area contributed by atoms with Crippen LogP contribution in [0.25, 0.3) is 0 Å². The second-order valence-corrected chi connectivity index (χ2v) is 5.60. The van der Waals surface area contributed by atoms with Crippen molar-refractivity contribution in [3.8, 4) is 0 Å². The predicted octanol–water partition coefficient (Wildman–Crippen LogP) is 4.46. The van der Waals surface area contributed by atoms with Gasteiger partial charge in [-0.2, -0.15) is 0 Å². The van der Waals surface area contributed by atoms with E-state index in [1.165, 1.54) is 13.0 Å². The van der Waals surface area contributed by atoms with Gasteiger partial charge in [-0.1, -0.05) is 23.2 Å². The Morgan fingerprint density at radius 2 is 1.62 bits per heavy atom. The molecule has 1 atom stereocenters. The lowest BCUT2D eigenvalue weighted by molar-refractivity contribution is -0.123. The molecule has 2 aromatic carbocycles. The van der Waals surface area contributed by atoms with E-state index in [2.05, 4.69) is 5.32 Å². The van der Waals surface area contributed by atoms with E-state index in [0.717, 1.165) is 30.3 Å². The lowest BCUT2D eigenvalue weighted by Crippen LogP contribution is -2.30. The zero-order chi connectivity index (χ0) is 17.9. The van der Waals surface area contributed by atoms with Crippen LogP contribution in [0.1, 0.15) is 17.3 Å². The van der Waals surface area contributed by atoms with Crippen LogP contribution in [0.5, 0.6) is 0 Å². The highest BCUT2D eigenvalue weighted by molar-refractivity contribution is 6.34. The first kappa shape index (κ1) is 18.2. The van der Waals surface area contributed by atoms with Crippen LogP contribution in [0.2, 0.25) is 10.0 Å². The van der Waals surface area contributed by atoms with Gasteiger partial charge in [0.15, 0.2) is 6.10 Å². The number of benzene rings is 2. The fraction of sp³-hybridized carbons (Fsp3) is 0.125. The normalized spacial score (nSPS) is 11.7. The monoisotopic (exact) mass is 373 g/mol. The Balaban J connectivity index is 2.04. The third-order valence-corrected chi connectivity index (χ3v) is 3.62. The number of amides is 1. The number of halogens is 4. The fourth-order valence-corrected chi connectivity index (χ4v) is 2.22. The molecule has 0 spiro atoms. The molecule has 8 heteroatoms. The second-order valence-electron chi connectivity index (χ2n) is 4.79. The molecule has 0 radical (unpaired) electrons. The number of carbonyl (C=O) groups is 2. The number of rotatable bonds is 4. The summed E-state index contributed by atoms with van der Waals surface area (Å²) in [7, 11) is 0. The molecule has 0 unspecified atom stereocenters. The van der Waals surface area contributed by atoms with Crippen molar-refractivity contribution >= 4 is 40.8 Å². The van der Waals surface area contributed by atoms with Crippen molar-refractivity contribution in [1.29, 1.82) is 0 Å². The van der Waals surface area contributed by atoms with Crippen molar-refractivity contribution in [1.82, 2.24) is 0 Å². The number of hydrogen-bond acceptors (Lipinski definition) is 3. The first-order valence-electron chi connectivity index (χ1n) is 6.70. The summed E-state index contributed by atoms with van der Waals surface area (Å²) >= 11 is 11.6. The van der Waals surface area contributed by atoms with E-state index >= 15 is 0 Å². The topological polar surface area (TPSA) is 55.4 Å². The minimum absolute atomic E-state index is 0.00320. The Labute approximate surface area is 146 Å². The highest BCUT2D eigenvalue weighted by Gasteiger charge is 2.21. The molecule has 0 saturated carbocycles. The van der Waals surface area contributed by atoms with E-state index in [1.807, 2.05) is 0 Å². The van der Waals surface area contributed by atoms with Crippen LogP contribution in [-0.2, 0) is 9.53 Å². The van der Waals surface area contributed by atoms with E-state index in [1.54, 1.807) is 0 Å².